The normalized spacial score (nSPS) is 18.1. The Morgan fingerprint density at radius 3 is 2.65 bits per heavy atom. The van der Waals surface area contributed by atoms with Gasteiger partial charge >= 0.3 is 6.03 Å². The van der Waals surface area contributed by atoms with Gasteiger partial charge in [-0.2, -0.15) is 0 Å². The fourth-order valence-electron chi connectivity index (χ4n) is 3.55. The summed E-state index contributed by atoms with van der Waals surface area (Å²) in [6, 6.07) is 4.85. The lowest BCUT2D eigenvalue weighted by atomic mass is 9.98. The highest BCUT2D eigenvalue weighted by atomic mass is 19.1. The lowest BCUT2D eigenvalue weighted by Crippen LogP contribution is -2.49. The van der Waals surface area contributed by atoms with Gasteiger partial charge in [0.15, 0.2) is 11.6 Å². The molecule has 2 fully saturated rings. The molecule has 0 aromatic heterocycles. The van der Waals surface area contributed by atoms with Crippen LogP contribution < -0.4 is 20.9 Å². The van der Waals surface area contributed by atoms with E-state index in [4.69, 9.17) is 4.74 Å². The number of halogens is 1. The number of nitrogens with one attached hydrogen (secondary N) is 3. The molecular formula is C23H35FN4O3. The number of carbonyl (C=O) groups is 2. The number of hydrogen-bond donors (Lipinski definition) is 3. The van der Waals surface area contributed by atoms with Crippen molar-refractivity contribution >= 4 is 11.9 Å². The Bertz CT molecular complexity index is 790. The van der Waals surface area contributed by atoms with Crippen LogP contribution in [-0.2, 0) is 10.3 Å². The predicted octanol–water partition coefficient (Wildman–Crippen LogP) is 3.45. The minimum Gasteiger partial charge on any atom is -0.490 e. The van der Waals surface area contributed by atoms with E-state index >= 15 is 0 Å². The van der Waals surface area contributed by atoms with Crippen LogP contribution in [-0.4, -0.2) is 43.1 Å². The number of unbranched alkanes of at least 4 members (excludes halogenated alkanes) is 2. The molecule has 172 valence electrons. The molecule has 2 aliphatic rings. The van der Waals surface area contributed by atoms with Gasteiger partial charge in [-0.1, -0.05) is 33.3 Å². The molecule has 1 aromatic rings. The fraction of sp³-hybridized carbons (Fsp3) is 0.652. The molecule has 1 heterocycles. The van der Waals surface area contributed by atoms with Crippen molar-refractivity contribution in [3.8, 4) is 5.75 Å². The van der Waals surface area contributed by atoms with Crippen LogP contribution >= 0.6 is 0 Å². The molecule has 3 rings (SSSR count). The molecule has 0 bridgehead atoms. The highest BCUT2D eigenvalue weighted by molar-refractivity contribution is 5.96. The maximum Gasteiger partial charge on any atom is 0.324 e. The maximum absolute atomic E-state index is 14.2. The molecule has 8 heteroatoms. The molecule has 0 spiro atoms. The largest absolute Gasteiger partial charge is 0.490 e. The van der Waals surface area contributed by atoms with Gasteiger partial charge in [0.2, 0.25) is 5.91 Å². The highest BCUT2D eigenvalue weighted by Gasteiger charge is 2.44. The van der Waals surface area contributed by atoms with Crippen molar-refractivity contribution in [2.75, 3.05) is 26.2 Å². The van der Waals surface area contributed by atoms with Crippen LogP contribution in [0.15, 0.2) is 18.2 Å². The maximum atomic E-state index is 14.2. The van der Waals surface area contributed by atoms with E-state index in [1.807, 2.05) is 12.1 Å². The van der Waals surface area contributed by atoms with Gasteiger partial charge in [0.05, 0.1) is 12.1 Å². The van der Waals surface area contributed by atoms with E-state index in [2.05, 4.69) is 36.9 Å². The smallest absolute Gasteiger partial charge is 0.324 e. The van der Waals surface area contributed by atoms with Crippen molar-refractivity contribution in [1.82, 2.24) is 21.1 Å². The minimum atomic E-state index is -0.330. The van der Waals surface area contributed by atoms with Gasteiger partial charge in [-0.3, -0.25) is 15.5 Å². The average molecular weight is 435 g/mol. The molecular weight excluding hydrogens is 399 g/mol. The molecule has 31 heavy (non-hydrogen) atoms. The van der Waals surface area contributed by atoms with Gasteiger partial charge < -0.3 is 9.64 Å². The Balaban J connectivity index is 1.37. The van der Waals surface area contributed by atoms with Crippen LogP contribution in [0.1, 0.15) is 64.9 Å². The van der Waals surface area contributed by atoms with Gasteiger partial charge in [0, 0.05) is 26.1 Å². The zero-order chi connectivity index (χ0) is 22.5. The summed E-state index contributed by atoms with van der Waals surface area (Å²) in [6.07, 6.45) is 5.23. The molecule has 3 amide bonds. The van der Waals surface area contributed by atoms with Crippen LogP contribution in [0.2, 0.25) is 0 Å². The zero-order valence-electron chi connectivity index (χ0n) is 18.9. The van der Waals surface area contributed by atoms with Gasteiger partial charge in [-0.25, -0.2) is 14.6 Å². The molecule has 3 N–H and O–H groups in total. The van der Waals surface area contributed by atoms with E-state index in [1.165, 1.54) is 6.07 Å². The molecule has 0 unspecified atom stereocenters. The summed E-state index contributed by atoms with van der Waals surface area (Å²) in [4.78, 5) is 24.6. The lowest BCUT2D eigenvalue weighted by Gasteiger charge is -2.26. The van der Waals surface area contributed by atoms with Crippen molar-refractivity contribution < 1.29 is 18.7 Å². The summed E-state index contributed by atoms with van der Waals surface area (Å²) in [5.74, 6) is -0.216. The Hall–Kier alpha value is -2.19. The number of benzene rings is 1. The van der Waals surface area contributed by atoms with Crippen LogP contribution in [0.4, 0.5) is 9.18 Å². The third-order valence-corrected chi connectivity index (χ3v) is 5.59. The average Bonchev–Trinajstić information content (AvgIpc) is 3.48. The minimum absolute atomic E-state index is 0.0330. The van der Waals surface area contributed by atoms with Crippen molar-refractivity contribution in [1.29, 1.82) is 0 Å². The molecule has 0 radical (unpaired) electrons. The second-order valence-electron chi connectivity index (χ2n) is 9.78. The quantitative estimate of drug-likeness (QED) is 0.367. The van der Waals surface area contributed by atoms with E-state index < -0.39 is 0 Å². The SMILES string of the molecule is CC(C)(C)COc1cc(C2(NNCCCCCN3CCC(=O)NC3=O)CC2)ccc1F. The monoisotopic (exact) mass is 434 g/mol. The molecule has 1 aliphatic heterocycles. The van der Waals surface area contributed by atoms with Gasteiger partial charge in [0.1, 0.15) is 0 Å². The third-order valence-electron chi connectivity index (χ3n) is 5.59. The number of rotatable bonds is 11. The first-order valence-electron chi connectivity index (χ1n) is 11.2. The summed E-state index contributed by atoms with van der Waals surface area (Å²) in [5.41, 5.74) is 7.57. The highest BCUT2D eigenvalue weighted by Crippen LogP contribution is 2.46. The summed E-state index contributed by atoms with van der Waals surface area (Å²) >= 11 is 0. The van der Waals surface area contributed by atoms with E-state index in [0.717, 1.165) is 44.2 Å². The predicted molar refractivity (Wildman–Crippen MR) is 117 cm³/mol. The van der Waals surface area contributed by atoms with Crippen molar-refractivity contribution in [3.63, 3.8) is 0 Å². The van der Waals surface area contributed by atoms with Crippen molar-refractivity contribution in [3.05, 3.63) is 29.6 Å². The first kappa shape index (κ1) is 23.5. The van der Waals surface area contributed by atoms with Gasteiger partial charge in [0.25, 0.3) is 0 Å². The standard InChI is InChI=1S/C23H35FN4O3/c1-22(2,3)16-31-19-15-17(7-8-18(19)24)23(10-11-23)27-25-12-5-4-6-13-28-14-9-20(29)26-21(28)30/h7-8,15,25,27H,4-6,9-14,16H2,1-3H3,(H,26,29,30). The fourth-order valence-corrected chi connectivity index (χ4v) is 3.55. The third kappa shape index (κ3) is 6.90. The van der Waals surface area contributed by atoms with Gasteiger partial charge in [-0.05, 0) is 48.8 Å². The summed E-state index contributed by atoms with van der Waals surface area (Å²) in [7, 11) is 0. The first-order chi connectivity index (χ1) is 14.7. The van der Waals surface area contributed by atoms with Crippen molar-refractivity contribution in [2.45, 2.75) is 64.8 Å². The van der Waals surface area contributed by atoms with E-state index in [0.29, 0.717) is 31.9 Å². The lowest BCUT2D eigenvalue weighted by molar-refractivity contribution is -0.121. The Kier molecular flexibility index (Phi) is 7.54. The molecule has 1 aliphatic carbocycles. The number of amides is 3. The zero-order valence-corrected chi connectivity index (χ0v) is 18.9. The molecule has 7 nitrogen and oxygen atoms in total. The van der Waals surface area contributed by atoms with Crippen LogP contribution in [0, 0.1) is 11.2 Å². The number of imide groups is 1. The molecule has 1 saturated carbocycles. The van der Waals surface area contributed by atoms with E-state index in [9.17, 15) is 14.0 Å². The van der Waals surface area contributed by atoms with E-state index in [1.54, 1.807) is 4.90 Å². The number of nitrogens with zero attached hydrogens (tertiary/aromatic N) is 1. The Morgan fingerprint density at radius 2 is 1.97 bits per heavy atom. The van der Waals surface area contributed by atoms with Crippen molar-refractivity contribution in [2.24, 2.45) is 5.41 Å². The topological polar surface area (TPSA) is 82.7 Å². The van der Waals surface area contributed by atoms with Crippen LogP contribution in [0.3, 0.4) is 0 Å². The van der Waals surface area contributed by atoms with E-state index in [-0.39, 0.29) is 28.7 Å². The number of hydrazine groups is 1. The molecule has 1 saturated heterocycles. The number of urea groups is 1. The number of carbonyl (C=O) groups excluding carboxylic acids is 2. The van der Waals surface area contributed by atoms with Crippen LogP contribution in [0.25, 0.3) is 0 Å². The summed E-state index contributed by atoms with van der Waals surface area (Å²) in [5, 5.41) is 2.35. The second kappa shape index (κ2) is 9.96. The summed E-state index contributed by atoms with van der Waals surface area (Å²) in [6.45, 7) is 8.62. The Morgan fingerprint density at radius 1 is 1.19 bits per heavy atom. The number of ether oxygens (including phenoxy) is 1. The van der Waals surface area contributed by atoms with Gasteiger partial charge in [-0.15, -0.1) is 0 Å². The van der Waals surface area contributed by atoms with Crippen LogP contribution in [0.5, 0.6) is 5.75 Å². The summed E-state index contributed by atoms with van der Waals surface area (Å²) < 4.78 is 19.9. The Labute approximate surface area is 184 Å². The molecule has 0 atom stereocenters. The number of hydrogen-bond acceptors (Lipinski definition) is 5. The molecule has 1 aromatic carbocycles. The second-order valence-corrected chi connectivity index (χ2v) is 9.78. The first-order valence-corrected chi connectivity index (χ1v) is 11.2.